The van der Waals surface area contributed by atoms with Gasteiger partial charge >= 0.3 is 12.2 Å². The van der Waals surface area contributed by atoms with Crippen LogP contribution in [-0.2, 0) is 11.6 Å². The molecule has 0 atom stereocenters. The first-order valence-electron chi connectivity index (χ1n) is 8.88. The van der Waals surface area contributed by atoms with Crippen LogP contribution in [0.4, 0.5) is 29.5 Å². The number of aromatic nitrogens is 2. The van der Waals surface area contributed by atoms with Gasteiger partial charge in [0.15, 0.2) is 5.82 Å². The molecule has 0 saturated carbocycles. The molecule has 0 aliphatic heterocycles. The molecule has 2 aromatic heterocycles. The third-order valence-electron chi connectivity index (χ3n) is 3.89. The summed E-state index contributed by atoms with van der Waals surface area (Å²) in [5, 5.41) is 8.83. The van der Waals surface area contributed by atoms with Gasteiger partial charge in [0.05, 0.1) is 5.56 Å². The van der Waals surface area contributed by atoms with Crippen LogP contribution in [0.1, 0.15) is 32.1 Å². The zero-order valence-electron chi connectivity index (χ0n) is 16.4. The second kappa shape index (κ2) is 8.05. The summed E-state index contributed by atoms with van der Waals surface area (Å²) in [5.41, 5.74) is -0.977. The molecule has 158 valence electrons. The normalized spacial score (nSPS) is 11.8. The molecular weight excluding hydrogens is 401 g/mol. The molecule has 3 aromatic rings. The first-order valence-corrected chi connectivity index (χ1v) is 8.88. The number of nitrogens with one attached hydrogen (secondary N) is 2. The highest BCUT2D eigenvalue weighted by atomic mass is 19.4. The second-order valence-electron chi connectivity index (χ2n) is 7.39. The Balaban J connectivity index is 1.73. The molecule has 2 amide bonds. The molecule has 0 aliphatic carbocycles. The summed E-state index contributed by atoms with van der Waals surface area (Å²) >= 11 is 0. The average molecular weight is 420 g/mol. The van der Waals surface area contributed by atoms with Crippen LogP contribution in [0.2, 0.25) is 0 Å². The molecule has 0 spiro atoms. The lowest BCUT2D eigenvalue weighted by Crippen LogP contribution is -2.20. The van der Waals surface area contributed by atoms with Crippen molar-refractivity contribution < 1.29 is 27.2 Å². The SMILES string of the molecule is CC(C)(C)c1cc(NC(=O)Nc2cccnc2Oc2cccc(C(F)(F)F)c2)no1. The molecule has 3 rings (SSSR count). The van der Waals surface area contributed by atoms with Crippen LogP contribution in [0.25, 0.3) is 0 Å². The Morgan fingerprint density at radius 2 is 1.83 bits per heavy atom. The van der Waals surface area contributed by atoms with Gasteiger partial charge in [-0.15, -0.1) is 0 Å². The third kappa shape index (κ3) is 5.28. The van der Waals surface area contributed by atoms with Crippen LogP contribution in [0.5, 0.6) is 11.6 Å². The van der Waals surface area contributed by atoms with Crippen molar-refractivity contribution in [2.45, 2.75) is 32.4 Å². The summed E-state index contributed by atoms with van der Waals surface area (Å²) in [7, 11) is 0. The van der Waals surface area contributed by atoms with Gasteiger partial charge in [0.25, 0.3) is 0 Å². The van der Waals surface area contributed by atoms with Gasteiger partial charge in [-0.05, 0) is 30.3 Å². The summed E-state index contributed by atoms with van der Waals surface area (Å²) < 4.78 is 49.3. The molecule has 2 N–H and O–H groups in total. The molecule has 0 unspecified atom stereocenters. The zero-order valence-corrected chi connectivity index (χ0v) is 16.4. The standard InChI is InChI=1S/C20H19F3N4O3/c1-19(2,3)15-11-16(27-30-15)26-18(28)25-14-8-5-9-24-17(14)29-13-7-4-6-12(10-13)20(21,22)23/h4-11H,1-3H3,(H2,25,26,27,28). The minimum Gasteiger partial charge on any atom is -0.437 e. The minimum absolute atomic E-state index is 0.0671. The van der Waals surface area contributed by atoms with E-state index in [0.717, 1.165) is 12.1 Å². The van der Waals surface area contributed by atoms with E-state index in [2.05, 4.69) is 20.8 Å². The number of amides is 2. The van der Waals surface area contributed by atoms with Crippen LogP contribution < -0.4 is 15.4 Å². The summed E-state index contributed by atoms with van der Waals surface area (Å²) in [6, 6.07) is 8.36. The number of anilines is 2. The predicted octanol–water partition coefficient (Wildman–Crippen LogP) is 5.82. The van der Waals surface area contributed by atoms with E-state index in [1.165, 1.54) is 24.4 Å². The van der Waals surface area contributed by atoms with E-state index < -0.39 is 17.8 Å². The average Bonchev–Trinajstić information content (AvgIpc) is 3.12. The number of alkyl halides is 3. The quantitative estimate of drug-likeness (QED) is 0.555. The van der Waals surface area contributed by atoms with E-state index in [9.17, 15) is 18.0 Å². The highest BCUT2D eigenvalue weighted by Crippen LogP contribution is 2.34. The van der Waals surface area contributed by atoms with E-state index in [0.29, 0.717) is 5.76 Å². The van der Waals surface area contributed by atoms with Gasteiger partial charge in [0, 0.05) is 17.7 Å². The number of hydrogen-bond donors (Lipinski definition) is 2. The van der Waals surface area contributed by atoms with Crippen molar-refractivity contribution in [1.82, 2.24) is 10.1 Å². The smallest absolute Gasteiger partial charge is 0.416 e. The lowest BCUT2D eigenvalue weighted by molar-refractivity contribution is -0.137. The Kier molecular flexibility index (Phi) is 5.68. The number of nitrogens with zero attached hydrogens (tertiary/aromatic N) is 2. The predicted molar refractivity (Wildman–Crippen MR) is 104 cm³/mol. The van der Waals surface area contributed by atoms with Crippen LogP contribution >= 0.6 is 0 Å². The van der Waals surface area contributed by atoms with Crippen LogP contribution in [-0.4, -0.2) is 16.2 Å². The number of urea groups is 1. The van der Waals surface area contributed by atoms with Crippen LogP contribution in [0, 0.1) is 0 Å². The largest absolute Gasteiger partial charge is 0.437 e. The van der Waals surface area contributed by atoms with Gasteiger partial charge in [0.2, 0.25) is 5.88 Å². The number of pyridine rings is 1. The Bertz CT molecular complexity index is 1040. The highest BCUT2D eigenvalue weighted by Gasteiger charge is 2.30. The van der Waals surface area contributed by atoms with Gasteiger partial charge < -0.3 is 14.6 Å². The van der Waals surface area contributed by atoms with Gasteiger partial charge in [0.1, 0.15) is 17.2 Å². The van der Waals surface area contributed by atoms with Crippen molar-refractivity contribution in [3.8, 4) is 11.6 Å². The lowest BCUT2D eigenvalue weighted by Gasteiger charge is -2.13. The fourth-order valence-electron chi connectivity index (χ4n) is 2.37. The second-order valence-corrected chi connectivity index (χ2v) is 7.39. The molecule has 0 aliphatic rings. The number of benzene rings is 1. The van der Waals surface area contributed by atoms with Gasteiger partial charge in [-0.25, -0.2) is 9.78 Å². The van der Waals surface area contributed by atoms with Crippen molar-refractivity contribution in [3.63, 3.8) is 0 Å². The van der Waals surface area contributed by atoms with Crippen molar-refractivity contribution in [3.05, 3.63) is 60.0 Å². The maximum absolute atomic E-state index is 12.9. The van der Waals surface area contributed by atoms with Crippen molar-refractivity contribution in [2.24, 2.45) is 0 Å². The minimum atomic E-state index is -4.51. The first kappa shape index (κ1) is 21.2. The third-order valence-corrected chi connectivity index (χ3v) is 3.89. The maximum atomic E-state index is 12.9. The number of rotatable bonds is 4. The Hall–Kier alpha value is -3.56. The molecular formula is C20H19F3N4O3. The Morgan fingerprint density at radius 3 is 2.50 bits per heavy atom. The molecule has 0 saturated heterocycles. The van der Waals surface area contributed by atoms with E-state index in [1.807, 2.05) is 20.8 Å². The Labute approximate surface area is 170 Å². The van der Waals surface area contributed by atoms with E-state index in [1.54, 1.807) is 12.1 Å². The molecule has 0 bridgehead atoms. The lowest BCUT2D eigenvalue weighted by atomic mass is 9.93. The summed E-state index contributed by atoms with van der Waals surface area (Å²) in [5.74, 6) is 0.662. The summed E-state index contributed by atoms with van der Waals surface area (Å²) in [6.07, 6.45) is -3.12. The molecule has 0 radical (unpaired) electrons. The maximum Gasteiger partial charge on any atom is 0.416 e. The number of ether oxygens (including phenoxy) is 1. The fourth-order valence-corrected chi connectivity index (χ4v) is 2.37. The topological polar surface area (TPSA) is 89.3 Å². The van der Waals surface area contributed by atoms with Gasteiger partial charge in [-0.1, -0.05) is 32.0 Å². The first-order chi connectivity index (χ1) is 14.0. The van der Waals surface area contributed by atoms with Gasteiger partial charge in [-0.3, -0.25) is 5.32 Å². The van der Waals surface area contributed by atoms with Crippen molar-refractivity contribution in [2.75, 3.05) is 10.6 Å². The van der Waals surface area contributed by atoms with Gasteiger partial charge in [-0.2, -0.15) is 13.2 Å². The van der Waals surface area contributed by atoms with E-state index in [-0.39, 0.29) is 28.5 Å². The molecule has 30 heavy (non-hydrogen) atoms. The molecule has 10 heteroatoms. The highest BCUT2D eigenvalue weighted by molar-refractivity contribution is 5.99. The van der Waals surface area contributed by atoms with Crippen molar-refractivity contribution in [1.29, 1.82) is 0 Å². The number of carbonyl (C=O) groups is 1. The molecule has 2 heterocycles. The zero-order chi connectivity index (χ0) is 21.9. The summed E-state index contributed by atoms with van der Waals surface area (Å²) in [6.45, 7) is 5.80. The molecule has 7 nitrogen and oxygen atoms in total. The fraction of sp³-hybridized carbons (Fsp3) is 0.250. The molecule has 1 aromatic carbocycles. The number of halogens is 3. The number of hydrogen-bond acceptors (Lipinski definition) is 5. The van der Waals surface area contributed by atoms with Crippen LogP contribution in [0.3, 0.4) is 0 Å². The van der Waals surface area contributed by atoms with E-state index in [4.69, 9.17) is 9.26 Å². The van der Waals surface area contributed by atoms with Crippen molar-refractivity contribution >= 4 is 17.5 Å². The van der Waals surface area contributed by atoms with E-state index >= 15 is 0 Å². The Morgan fingerprint density at radius 1 is 1.07 bits per heavy atom. The number of carbonyl (C=O) groups excluding carboxylic acids is 1. The monoisotopic (exact) mass is 420 g/mol. The molecule has 0 fully saturated rings. The van der Waals surface area contributed by atoms with Crippen LogP contribution in [0.15, 0.2) is 53.2 Å². The summed E-state index contributed by atoms with van der Waals surface area (Å²) in [4.78, 5) is 16.3.